The summed E-state index contributed by atoms with van der Waals surface area (Å²) in [6.45, 7) is 0. The van der Waals surface area contributed by atoms with Crippen molar-refractivity contribution in [2.45, 2.75) is 25.1 Å². The van der Waals surface area contributed by atoms with E-state index in [0.717, 1.165) is 23.3 Å². The molecule has 0 spiro atoms. The first-order valence-corrected chi connectivity index (χ1v) is 7.95. The molecule has 0 saturated carbocycles. The van der Waals surface area contributed by atoms with E-state index in [1.807, 2.05) is 0 Å². The molecule has 0 bridgehead atoms. The number of benzene rings is 2. The third-order valence-electron chi connectivity index (χ3n) is 4.08. The van der Waals surface area contributed by atoms with Crippen LogP contribution in [0.25, 0.3) is 0 Å². The van der Waals surface area contributed by atoms with Crippen LogP contribution in [0.4, 0.5) is 23.2 Å². The average molecular weight is 399 g/mol. The van der Waals surface area contributed by atoms with Crippen molar-refractivity contribution in [3.05, 3.63) is 62.9 Å². The van der Waals surface area contributed by atoms with Crippen LogP contribution in [0.15, 0.2) is 34.8 Å². The van der Waals surface area contributed by atoms with Gasteiger partial charge in [-0.1, -0.05) is 6.07 Å². The second-order valence-electron chi connectivity index (χ2n) is 5.53. The molecule has 0 aromatic heterocycles. The molecule has 0 amide bonds. The fourth-order valence-electron chi connectivity index (χ4n) is 2.95. The SMILES string of the molecule is N#Cc1ccc(NC2CCc3c2ccc(F)c3Br)cc1C(F)(F)F. The molecule has 0 aliphatic heterocycles. The molecule has 1 aliphatic carbocycles. The zero-order valence-corrected chi connectivity index (χ0v) is 13.8. The first-order chi connectivity index (χ1) is 11.3. The van der Waals surface area contributed by atoms with Gasteiger partial charge in [0, 0.05) is 5.69 Å². The van der Waals surface area contributed by atoms with Gasteiger partial charge in [0.05, 0.1) is 27.7 Å². The molecule has 24 heavy (non-hydrogen) atoms. The summed E-state index contributed by atoms with van der Waals surface area (Å²) in [5.41, 5.74) is 0.594. The average Bonchev–Trinajstić information content (AvgIpc) is 2.93. The van der Waals surface area contributed by atoms with E-state index in [-0.39, 0.29) is 17.5 Å². The summed E-state index contributed by atoms with van der Waals surface area (Å²) in [6, 6.07) is 7.88. The summed E-state index contributed by atoms with van der Waals surface area (Å²) in [5.74, 6) is -0.355. The van der Waals surface area contributed by atoms with Crippen LogP contribution in [-0.4, -0.2) is 0 Å². The number of rotatable bonds is 2. The Bertz CT molecular complexity index is 840. The van der Waals surface area contributed by atoms with E-state index in [0.29, 0.717) is 17.3 Å². The van der Waals surface area contributed by atoms with Crippen molar-refractivity contribution in [3.63, 3.8) is 0 Å². The molecule has 2 aromatic carbocycles. The quantitative estimate of drug-likeness (QED) is 0.670. The number of nitrogens with zero attached hydrogens (tertiary/aromatic N) is 1. The molecule has 0 saturated heterocycles. The van der Waals surface area contributed by atoms with E-state index in [2.05, 4.69) is 21.2 Å². The van der Waals surface area contributed by atoms with Gasteiger partial charge in [-0.3, -0.25) is 0 Å². The highest BCUT2D eigenvalue weighted by molar-refractivity contribution is 9.10. The number of hydrogen-bond donors (Lipinski definition) is 1. The topological polar surface area (TPSA) is 35.8 Å². The van der Waals surface area contributed by atoms with Crippen molar-refractivity contribution in [2.75, 3.05) is 5.32 Å². The lowest BCUT2D eigenvalue weighted by atomic mass is 10.0. The lowest BCUT2D eigenvalue weighted by Crippen LogP contribution is -2.11. The first-order valence-electron chi connectivity index (χ1n) is 7.16. The minimum Gasteiger partial charge on any atom is -0.378 e. The maximum absolute atomic E-state index is 13.6. The maximum Gasteiger partial charge on any atom is 0.417 e. The Kier molecular flexibility index (Phi) is 4.26. The zero-order valence-electron chi connectivity index (χ0n) is 12.2. The van der Waals surface area contributed by atoms with Crippen LogP contribution in [0.2, 0.25) is 0 Å². The number of fused-ring (bicyclic) bond motifs is 1. The molecule has 0 radical (unpaired) electrons. The molecule has 2 aromatic rings. The number of halogens is 5. The van der Waals surface area contributed by atoms with Gasteiger partial charge in [-0.15, -0.1) is 0 Å². The molecule has 1 N–H and O–H groups in total. The van der Waals surface area contributed by atoms with E-state index >= 15 is 0 Å². The number of nitrogens with one attached hydrogen (secondary N) is 1. The zero-order chi connectivity index (χ0) is 17.5. The van der Waals surface area contributed by atoms with Gasteiger partial charge in [-0.25, -0.2) is 4.39 Å². The predicted octanol–water partition coefficient (Wildman–Crippen LogP) is 5.58. The number of anilines is 1. The summed E-state index contributed by atoms with van der Waals surface area (Å²) < 4.78 is 53.1. The lowest BCUT2D eigenvalue weighted by Gasteiger charge is -2.18. The molecule has 1 aliphatic rings. The highest BCUT2D eigenvalue weighted by Crippen LogP contribution is 2.40. The number of hydrogen-bond acceptors (Lipinski definition) is 2. The van der Waals surface area contributed by atoms with Crippen molar-refractivity contribution >= 4 is 21.6 Å². The molecule has 0 fully saturated rings. The van der Waals surface area contributed by atoms with Gasteiger partial charge in [0.25, 0.3) is 0 Å². The smallest absolute Gasteiger partial charge is 0.378 e. The third kappa shape index (κ3) is 2.98. The van der Waals surface area contributed by atoms with Gasteiger partial charge in [0.15, 0.2) is 0 Å². The minimum atomic E-state index is -4.59. The number of nitriles is 1. The van der Waals surface area contributed by atoms with Crippen LogP contribution < -0.4 is 5.32 Å². The molecule has 0 heterocycles. The maximum atomic E-state index is 13.6. The number of alkyl halides is 3. The van der Waals surface area contributed by atoms with Crippen molar-refractivity contribution in [3.8, 4) is 6.07 Å². The van der Waals surface area contributed by atoms with Gasteiger partial charge in [0.1, 0.15) is 5.82 Å². The van der Waals surface area contributed by atoms with E-state index < -0.39 is 17.3 Å². The van der Waals surface area contributed by atoms with Crippen molar-refractivity contribution < 1.29 is 17.6 Å². The van der Waals surface area contributed by atoms with Crippen LogP contribution in [0.5, 0.6) is 0 Å². The fraction of sp³-hybridized carbons (Fsp3) is 0.235. The molecule has 1 unspecified atom stereocenters. The molecular weight excluding hydrogens is 388 g/mol. The lowest BCUT2D eigenvalue weighted by molar-refractivity contribution is -0.137. The van der Waals surface area contributed by atoms with Crippen LogP contribution in [0, 0.1) is 17.1 Å². The highest BCUT2D eigenvalue weighted by Gasteiger charge is 2.34. The molecule has 3 rings (SSSR count). The highest BCUT2D eigenvalue weighted by atomic mass is 79.9. The van der Waals surface area contributed by atoms with Crippen molar-refractivity contribution in [1.29, 1.82) is 5.26 Å². The van der Waals surface area contributed by atoms with Crippen LogP contribution in [0.1, 0.15) is 34.7 Å². The standard InChI is InChI=1S/C17H11BrF4N2/c18-16-12-4-6-15(11(12)3-5-14(16)19)24-10-2-1-9(8-23)13(7-10)17(20,21)22/h1-3,5,7,15,24H,4,6H2. The molecule has 1 atom stereocenters. The molecule has 7 heteroatoms. The first kappa shape index (κ1) is 16.8. The normalized spacial score (nSPS) is 16.6. The van der Waals surface area contributed by atoms with E-state index in [1.165, 1.54) is 12.1 Å². The Morgan fingerprint density at radius 1 is 1.21 bits per heavy atom. The van der Waals surface area contributed by atoms with Gasteiger partial charge in [0.2, 0.25) is 0 Å². The Labute approximate surface area is 144 Å². The monoisotopic (exact) mass is 398 g/mol. The third-order valence-corrected chi connectivity index (χ3v) is 4.93. The minimum absolute atomic E-state index is 0.203. The Hall–Kier alpha value is -2.07. The Morgan fingerprint density at radius 2 is 1.96 bits per heavy atom. The fourth-order valence-corrected chi connectivity index (χ4v) is 3.51. The van der Waals surface area contributed by atoms with Crippen molar-refractivity contribution in [2.24, 2.45) is 0 Å². The molecular formula is C17H11BrF4N2. The summed E-state index contributed by atoms with van der Waals surface area (Å²) in [7, 11) is 0. The van der Waals surface area contributed by atoms with E-state index in [1.54, 1.807) is 12.1 Å². The van der Waals surface area contributed by atoms with Gasteiger partial charge in [-0.05, 0) is 64.2 Å². The van der Waals surface area contributed by atoms with Crippen LogP contribution in [0.3, 0.4) is 0 Å². The second-order valence-corrected chi connectivity index (χ2v) is 6.33. The van der Waals surface area contributed by atoms with Gasteiger partial charge in [-0.2, -0.15) is 18.4 Å². The van der Waals surface area contributed by atoms with E-state index in [9.17, 15) is 17.6 Å². The van der Waals surface area contributed by atoms with Gasteiger partial charge >= 0.3 is 6.18 Å². The second kappa shape index (κ2) is 6.10. The predicted molar refractivity (Wildman–Crippen MR) is 84.9 cm³/mol. The summed E-state index contributed by atoms with van der Waals surface area (Å²) in [4.78, 5) is 0. The Balaban J connectivity index is 1.92. The largest absolute Gasteiger partial charge is 0.417 e. The van der Waals surface area contributed by atoms with Crippen LogP contribution >= 0.6 is 15.9 Å². The summed E-state index contributed by atoms with van der Waals surface area (Å²) in [5, 5.41) is 11.9. The van der Waals surface area contributed by atoms with Crippen molar-refractivity contribution in [1.82, 2.24) is 0 Å². The summed E-state index contributed by atoms with van der Waals surface area (Å²) in [6.07, 6.45) is -3.31. The Morgan fingerprint density at radius 3 is 2.62 bits per heavy atom. The van der Waals surface area contributed by atoms with Gasteiger partial charge < -0.3 is 5.32 Å². The molecule has 124 valence electrons. The molecule has 2 nitrogen and oxygen atoms in total. The van der Waals surface area contributed by atoms with E-state index in [4.69, 9.17) is 5.26 Å². The van der Waals surface area contributed by atoms with Crippen LogP contribution in [-0.2, 0) is 12.6 Å². The summed E-state index contributed by atoms with van der Waals surface area (Å²) >= 11 is 3.21.